The predicted octanol–water partition coefficient (Wildman–Crippen LogP) is 1.33. The van der Waals surface area contributed by atoms with Crippen molar-refractivity contribution in [2.24, 2.45) is 5.14 Å². The predicted molar refractivity (Wildman–Crippen MR) is 52.1 cm³/mol. The molecule has 0 amide bonds. The molecule has 1 heterocycles. The van der Waals surface area contributed by atoms with Crippen LogP contribution in [-0.4, -0.2) is 20.5 Å². The molecule has 0 aromatic carbocycles. The molecule has 1 aromatic rings. The Morgan fingerprint density at radius 2 is 2.12 bits per heavy atom. The number of sulfonamides is 1. The highest BCUT2D eigenvalue weighted by Crippen LogP contribution is 2.34. The third kappa shape index (κ3) is 2.57. The van der Waals surface area contributed by atoms with Gasteiger partial charge in [-0.1, -0.05) is 11.6 Å². The SMILES string of the molecule is COc1nc(S(N)(=O)=O)cc(C(F)F)c1Cl. The zero-order valence-electron chi connectivity index (χ0n) is 7.95. The van der Waals surface area contributed by atoms with Crippen LogP contribution in [0.15, 0.2) is 11.1 Å². The summed E-state index contributed by atoms with van der Waals surface area (Å²) < 4.78 is 51.5. The number of hydrogen-bond acceptors (Lipinski definition) is 4. The van der Waals surface area contributed by atoms with E-state index < -0.39 is 37.9 Å². The van der Waals surface area contributed by atoms with Gasteiger partial charge in [0.25, 0.3) is 16.4 Å². The molecule has 0 atom stereocenters. The first-order valence-corrected chi connectivity index (χ1v) is 5.75. The first kappa shape index (κ1) is 13.1. The van der Waals surface area contributed by atoms with E-state index in [0.29, 0.717) is 6.07 Å². The normalized spacial score (nSPS) is 11.9. The van der Waals surface area contributed by atoms with Crippen LogP contribution in [0, 0.1) is 0 Å². The Labute approximate surface area is 95.2 Å². The van der Waals surface area contributed by atoms with Crippen LogP contribution in [-0.2, 0) is 10.0 Å². The Morgan fingerprint density at radius 1 is 1.56 bits per heavy atom. The maximum Gasteiger partial charge on any atom is 0.265 e. The second kappa shape index (κ2) is 4.48. The third-order valence-electron chi connectivity index (χ3n) is 1.65. The van der Waals surface area contributed by atoms with E-state index in [1.54, 1.807) is 0 Å². The highest BCUT2D eigenvalue weighted by atomic mass is 35.5. The lowest BCUT2D eigenvalue weighted by Gasteiger charge is -2.09. The average Bonchev–Trinajstić information content (AvgIpc) is 2.15. The first-order chi connectivity index (χ1) is 7.27. The standard InChI is InChI=1S/C7H7ClF2N2O3S/c1-15-7-5(8)3(6(9)10)2-4(12-7)16(11,13)14/h2,6H,1H3,(H2,11,13,14). The van der Waals surface area contributed by atoms with E-state index in [9.17, 15) is 17.2 Å². The van der Waals surface area contributed by atoms with Crippen molar-refractivity contribution >= 4 is 21.6 Å². The van der Waals surface area contributed by atoms with Crippen LogP contribution in [0.4, 0.5) is 8.78 Å². The van der Waals surface area contributed by atoms with Gasteiger partial charge in [-0.15, -0.1) is 0 Å². The lowest BCUT2D eigenvalue weighted by molar-refractivity contribution is 0.150. The first-order valence-electron chi connectivity index (χ1n) is 3.82. The fraction of sp³-hybridized carbons (Fsp3) is 0.286. The van der Waals surface area contributed by atoms with Crippen molar-refractivity contribution in [3.63, 3.8) is 0 Å². The summed E-state index contributed by atoms with van der Waals surface area (Å²) in [4.78, 5) is 3.40. The van der Waals surface area contributed by atoms with Crippen molar-refractivity contribution < 1.29 is 21.9 Å². The van der Waals surface area contributed by atoms with Gasteiger partial charge in [-0.05, 0) is 6.07 Å². The zero-order chi connectivity index (χ0) is 12.5. The van der Waals surface area contributed by atoms with Crippen LogP contribution in [0.5, 0.6) is 5.88 Å². The summed E-state index contributed by atoms with van der Waals surface area (Å²) in [5, 5.41) is 3.61. The van der Waals surface area contributed by atoms with Crippen molar-refractivity contribution in [3.8, 4) is 5.88 Å². The number of hydrogen-bond donors (Lipinski definition) is 1. The number of pyridine rings is 1. The van der Waals surface area contributed by atoms with E-state index in [1.165, 1.54) is 0 Å². The molecule has 90 valence electrons. The summed E-state index contributed by atoms with van der Waals surface area (Å²) in [6.45, 7) is 0. The van der Waals surface area contributed by atoms with E-state index in [0.717, 1.165) is 7.11 Å². The molecule has 0 unspecified atom stereocenters. The Kier molecular flexibility index (Phi) is 3.66. The van der Waals surface area contributed by atoms with Gasteiger partial charge in [-0.25, -0.2) is 22.3 Å². The molecule has 0 fully saturated rings. The lowest BCUT2D eigenvalue weighted by atomic mass is 10.3. The molecule has 0 aliphatic carbocycles. The van der Waals surface area contributed by atoms with Gasteiger partial charge in [0.05, 0.1) is 7.11 Å². The molecular weight excluding hydrogens is 266 g/mol. The van der Waals surface area contributed by atoms with Crippen LogP contribution in [0.1, 0.15) is 12.0 Å². The summed E-state index contributed by atoms with van der Waals surface area (Å²) in [7, 11) is -3.07. The minimum absolute atomic E-state index is 0.413. The Hall–Kier alpha value is -0.990. The topological polar surface area (TPSA) is 82.3 Å². The van der Waals surface area contributed by atoms with E-state index in [2.05, 4.69) is 9.72 Å². The number of nitrogens with two attached hydrogens (primary N) is 1. The molecule has 0 saturated heterocycles. The molecule has 1 rings (SSSR count). The molecule has 16 heavy (non-hydrogen) atoms. The van der Waals surface area contributed by atoms with Crippen molar-refractivity contribution in [1.29, 1.82) is 0 Å². The van der Waals surface area contributed by atoms with Gasteiger partial charge in [0.2, 0.25) is 5.88 Å². The van der Waals surface area contributed by atoms with Crippen molar-refractivity contribution in [2.75, 3.05) is 7.11 Å². The van der Waals surface area contributed by atoms with Crippen molar-refractivity contribution in [2.45, 2.75) is 11.5 Å². The second-order valence-corrected chi connectivity index (χ2v) is 4.60. The molecule has 1 aromatic heterocycles. The highest BCUT2D eigenvalue weighted by Gasteiger charge is 2.22. The molecule has 0 radical (unpaired) electrons. The number of nitrogens with zero attached hydrogens (tertiary/aromatic N) is 1. The number of methoxy groups -OCH3 is 1. The van der Waals surface area contributed by atoms with Gasteiger partial charge < -0.3 is 4.74 Å². The number of rotatable bonds is 3. The maximum atomic E-state index is 12.5. The van der Waals surface area contributed by atoms with E-state index in [4.69, 9.17) is 16.7 Å². The molecule has 0 bridgehead atoms. The highest BCUT2D eigenvalue weighted by molar-refractivity contribution is 7.89. The Bertz CT molecular complexity index is 507. The average molecular weight is 273 g/mol. The molecule has 0 aliphatic rings. The van der Waals surface area contributed by atoms with Crippen LogP contribution in [0.2, 0.25) is 5.02 Å². The molecule has 0 aliphatic heterocycles. The Balaban J connectivity index is 3.53. The number of primary sulfonamides is 1. The molecule has 2 N–H and O–H groups in total. The number of halogens is 3. The third-order valence-corrected chi connectivity index (χ3v) is 2.82. The summed E-state index contributed by atoms with van der Waals surface area (Å²) in [5.74, 6) is -0.413. The summed E-state index contributed by atoms with van der Waals surface area (Å²) in [6.07, 6.45) is -2.95. The van der Waals surface area contributed by atoms with Gasteiger partial charge in [0.15, 0.2) is 5.03 Å². The number of aromatic nitrogens is 1. The van der Waals surface area contributed by atoms with Crippen LogP contribution < -0.4 is 9.88 Å². The summed E-state index contributed by atoms with van der Waals surface area (Å²) in [5.41, 5.74) is -0.697. The van der Waals surface area contributed by atoms with Crippen molar-refractivity contribution in [3.05, 3.63) is 16.7 Å². The monoisotopic (exact) mass is 272 g/mol. The van der Waals surface area contributed by atoms with Gasteiger partial charge in [0, 0.05) is 5.56 Å². The fourth-order valence-electron chi connectivity index (χ4n) is 0.941. The van der Waals surface area contributed by atoms with Gasteiger partial charge in [-0.2, -0.15) is 4.98 Å². The molecule has 0 saturated carbocycles. The van der Waals surface area contributed by atoms with Gasteiger partial charge in [-0.3, -0.25) is 0 Å². The van der Waals surface area contributed by atoms with Crippen LogP contribution >= 0.6 is 11.6 Å². The minimum Gasteiger partial charge on any atom is -0.480 e. The fourth-order valence-corrected chi connectivity index (χ4v) is 1.70. The molecule has 9 heteroatoms. The van der Waals surface area contributed by atoms with E-state index in [1.807, 2.05) is 0 Å². The van der Waals surface area contributed by atoms with Gasteiger partial charge in [0.1, 0.15) is 5.02 Å². The number of ether oxygens (including phenoxy) is 1. The van der Waals surface area contributed by atoms with Gasteiger partial charge >= 0.3 is 0 Å². The molecular formula is C7H7ClF2N2O3S. The van der Waals surface area contributed by atoms with E-state index >= 15 is 0 Å². The smallest absolute Gasteiger partial charge is 0.265 e. The Morgan fingerprint density at radius 3 is 2.50 bits per heavy atom. The summed E-state index contributed by atoms with van der Waals surface area (Å²) >= 11 is 5.52. The second-order valence-electron chi connectivity index (χ2n) is 2.72. The lowest BCUT2D eigenvalue weighted by Crippen LogP contribution is -2.15. The zero-order valence-corrected chi connectivity index (χ0v) is 9.52. The maximum absolute atomic E-state index is 12.5. The molecule has 5 nitrogen and oxygen atoms in total. The van der Waals surface area contributed by atoms with Crippen molar-refractivity contribution in [1.82, 2.24) is 4.98 Å². The molecule has 0 spiro atoms. The quantitative estimate of drug-likeness (QED) is 0.900. The van der Waals surface area contributed by atoms with Crippen LogP contribution in [0.25, 0.3) is 0 Å². The van der Waals surface area contributed by atoms with Crippen LogP contribution in [0.3, 0.4) is 0 Å². The minimum atomic E-state index is -4.19. The number of alkyl halides is 2. The largest absolute Gasteiger partial charge is 0.480 e. The van der Waals surface area contributed by atoms with E-state index in [-0.39, 0.29) is 0 Å². The summed E-state index contributed by atoms with van der Waals surface area (Å²) in [6, 6.07) is 0.616.